The predicted molar refractivity (Wildman–Crippen MR) is 76.8 cm³/mol. The van der Waals surface area contributed by atoms with Crippen LogP contribution in [0.2, 0.25) is 15.3 Å². The molecule has 0 bridgehead atoms. The minimum absolute atomic E-state index is 0.264. The van der Waals surface area contributed by atoms with Gasteiger partial charge in [0.2, 0.25) is 0 Å². The number of hydrogen-bond donors (Lipinski definition) is 0. The van der Waals surface area contributed by atoms with Crippen molar-refractivity contribution in [3.63, 3.8) is 0 Å². The summed E-state index contributed by atoms with van der Waals surface area (Å²) in [5.74, 6) is 0.400. The number of halogens is 4. The highest BCUT2D eigenvalue weighted by Gasteiger charge is 2.16. The van der Waals surface area contributed by atoms with Crippen molar-refractivity contribution in [3.8, 4) is 11.1 Å². The maximum absolute atomic E-state index is 6.13. The molecular weight excluding hydrogens is 314 g/mol. The lowest BCUT2D eigenvalue weighted by molar-refractivity contribution is 0.912. The summed E-state index contributed by atoms with van der Waals surface area (Å²) in [6, 6.07) is 7.17. The van der Waals surface area contributed by atoms with Crippen molar-refractivity contribution in [2.75, 3.05) is 0 Å². The number of rotatable bonds is 2. The minimum atomic E-state index is -0.353. The van der Waals surface area contributed by atoms with E-state index in [9.17, 15) is 0 Å². The molecule has 2 nitrogen and oxygen atoms in total. The largest absolute Gasteiger partial charge is 0.219 e. The van der Waals surface area contributed by atoms with Crippen molar-refractivity contribution in [2.45, 2.75) is 12.3 Å². The quantitative estimate of drug-likeness (QED) is 0.546. The van der Waals surface area contributed by atoms with Gasteiger partial charge in [-0.05, 0) is 24.6 Å². The SMILES string of the molecule is CC(Cl)c1nc(Cl)c(-c2cccc(Cl)c2)c(Cl)n1. The van der Waals surface area contributed by atoms with Gasteiger partial charge in [-0.1, -0.05) is 46.9 Å². The summed E-state index contributed by atoms with van der Waals surface area (Å²) in [5, 5.41) is 0.766. The Labute approximate surface area is 125 Å². The van der Waals surface area contributed by atoms with Crippen molar-refractivity contribution in [3.05, 3.63) is 45.4 Å². The minimum Gasteiger partial charge on any atom is -0.219 e. The van der Waals surface area contributed by atoms with Gasteiger partial charge in [0.25, 0.3) is 0 Å². The Bertz CT molecular complexity index is 561. The molecule has 2 aromatic rings. The predicted octanol–water partition coefficient (Wildman–Crippen LogP) is 5.40. The van der Waals surface area contributed by atoms with Crippen LogP contribution in [-0.4, -0.2) is 9.97 Å². The van der Waals surface area contributed by atoms with Crippen LogP contribution in [0.1, 0.15) is 18.1 Å². The molecule has 1 aromatic carbocycles. The van der Waals surface area contributed by atoms with Gasteiger partial charge in [-0.15, -0.1) is 11.6 Å². The molecular formula is C12H8Cl4N2. The highest BCUT2D eigenvalue weighted by atomic mass is 35.5. The first kappa shape index (κ1) is 13.9. The average Bonchev–Trinajstić information content (AvgIpc) is 2.27. The Morgan fingerprint density at radius 2 is 1.67 bits per heavy atom. The van der Waals surface area contributed by atoms with Crippen molar-refractivity contribution in [1.82, 2.24) is 9.97 Å². The Balaban J connectivity index is 2.59. The maximum Gasteiger partial charge on any atom is 0.149 e. The third-order valence-corrected chi connectivity index (χ3v) is 3.28. The zero-order valence-electron chi connectivity index (χ0n) is 9.29. The highest BCUT2D eigenvalue weighted by Crippen LogP contribution is 2.34. The number of aromatic nitrogens is 2. The fourth-order valence-electron chi connectivity index (χ4n) is 1.48. The van der Waals surface area contributed by atoms with Crippen LogP contribution >= 0.6 is 46.4 Å². The molecule has 1 aromatic heterocycles. The molecule has 0 radical (unpaired) electrons. The van der Waals surface area contributed by atoms with Crippen LogP contribution in [0.4, 0.5) is 0 Å². The molecule has 0 aliphatic heterocycles. The Morgan fingerprint density at radius 3 is 2.17 bits per heavy atom. The van der Waals surface area contributed by atoms with Gasteiger partial charge in [-0.3, -0.25) is 0 Å². The van der Waals surface area contributed by atoms with Crippen LogP contribution in [0.3, 0.4) is 0 Å². The van der Waals surface area contributed by atoms with E-state index >= 15 is 0 Å². The molecule has 1 atom stereocenters. The fourth-order valence-corrected chi connectivity index (χ4v) is 2.39. The summed E-state index contributed by atoms with van der Waals surface area (Å²) in [6.07, 6.45) is 0. The number of hydrogen-bond acceptors (Lipinski definition) is 2. The summed E-state index contributed by atoms with van der Waals surface area (Å²) in [4.78, 5) is 8.27. The highest BCUT2D eigenvalue weighted by molar-refractivity contribution is 6.38. The monoisotopic (exact) mass is 320 g/mol. The number of nitrogens with zero attached hydrogens (tertiary/aromatic N) is 2. The summed E-state index contributed by atoms with van der Waals surface area (Å²) < 4.78 is 0. The van der Waals surface area contributed by atoms with E-state index in [2.05, 4.69) is 9.97 Å². The third-order valence-electron chi connectivity index (χ3n) is 2.31. The van der Waals surface area contributed by atoms with Gasteiger partial charge in [0.15, 0.2) is 0 Å². The van der Waals surface area contributed by atoms with Gasteiger partial charge in [0.05, 0.1) is 10.9 Å². The van der Waals surface area contributed by atoms with Crippen molar-refractivity contribution in [1.29, 1.82) is 0 Å². The second kappa shape index (κ2) is 5.62. The Hall–Kier alpha value is -0.540. The molecule has 0 amide bonds. The van der Waals surface area contributed by atoms with Crippen LogP contribution in [0.5, 0.6) is 0 Å². The lowest BCUT2D eigenvalue weighted by Gasteiger charge is -2.09. The van der Waals surface area contributed by atoms with Crippen LogP contribution in [0.25, 0.3) is 11.1 Å². The first-order valence-electron chi connectivity index (χ1n) is 5.12. The third kappa shape index (κ3) is 2.89. The second-order valence-corrected chi connectivity index (χ2v) is 5.47. The summed E-state index contributed by atoms with van der Waals surface area (Å²) in [6.45, 7) is 1.75. The standard InChI is InChI=1S/C12H8Cl4N2/c1-6(13)12-17-10(15)9(11(16)18-12)7-3-2-4-8(14)5-7/h2-6H,1H3. The van der Waals surface area contributed by atoms with E-state index < -0.39 is 0 Å². The van der Waals surface area contributed by atoms with Crippen LogP contribution < -0.4 is 0 Å². The second-order valence-electron chi connectivity index (χ2n) is 3.66. The average molecular weight is 322 g/mol. The molecule has 1 heterocycles. The molecule has 1 unspecified atom stereocenters. The molecule has 0 spiro atoms. The van der Waals surface area contributed by atoms with Crippen LogP contribution in [0.15, 0.2) is 24.3 Å². The van der Waals surface area contributed by atoms with Crippen molar-refractivity contribution in [2.24, 2.45) is 0 Å². The molecule has 0 saturated heterocycles. The Morgan fingerprint density at radius 1 is 1.06 bits per heavy atom. The van der Waals surface area contributed by atoms with Crippen molar-refractivity contribution < 1.29 is 0 Å². The van der Waals surface area contributed by atoms with E-state index in [0.29, 0.717) is 16.4 Å². The summed E-state index contributed by atoms with van der Waals surface area (Å²) in [7, 11) is 0. The topological polar surface area (TPSA) is 25.8 Å². The van der Waals surface area contributed by atoms with Crippen molar-refractivity contribution >= 4 is 46.4 Å². The molecule has 2 rings (SSSR count). The summed E-state index contributed by atoms with van der Waals surface area (Å²) in [5.41, 5.74) is 1.33. The van der Waals surface area contributed by atoms with Gasteiger partial charge in [-0.25, -0.2) is 9.97 Å². The van der Waals surface area contributed by atoms with Gasteiger partial charge >= 0.3 is 0 Å². The zero-order chi connectivity index (χ0) is 13.3. The Kier molecular flexibility index (Phi) is 4.33. The first-order chi connectivity index (χ1) is 8.49. The molecule has 18 heavy (non-hydrogen) atoms. The fraction of sp³-hybridized carbons (Fsp3) is 0.167. The van der Waals surface area contributed by atoms with E-state index in [1.165, 1.54) is 0 Å². The maximum atomic E-state index is 6.13. The molecule has 0 fully saturated rings. The number of benzene rings is 1. The normalized spacial score (nSPS) is 12.5. The van der Waals surface area contributed by atoms with E-state index in [-0.39, 0.29) is 15.7 Å². The molecule has 0 N–H and O–H groups in total. The van der Waals surface area contributed by atoms with Gasteiger partial charge in [0, 0.05) is 5.02 Å². The van der Waals surface area contributed by atoms with Crippen LogP contribution in [0, 0.1) is 0 Å². The summed E-state index contributed by atoms with van der Waals surface area (Å²) >= 11 is 24.1. The van der Waals surface area contributed by atoms with E-state index in [1.807, 2.05) is 12.1 Å². The lowest BCUT2D eigenvalue weighted by Crippen LogP contribution is -1.99. The molecule has 0 aliphatic carbocycles. The lowest BCUT2D eigenvalue weighted by atomic mass is 10.1. The first-order valence-corrected chi connectivity index (χ1v) is 6.69. The van der Waals surface area contributed by atoms with E-state index in [0.717, 1.165) is 5.56 Å². The smallest absolute Gasteiger partial charge is 0.149 e. The van der Waals surface area contributed by atoms with Gasteiger partial charge in [0.1, 0.15) is 16.1 Å². The number of alkyl halides is 1. The van der Waals surface area contributed by atoms with Gasteiger partial charge in [-0.2, -0.15) is 0 Å². The van der Waals surface area contributed by atoms with E-state index in [4.69, 9.17) is 46.4 Å². The molecule has 94 valence electrons. The van der Waals surface area contributed by atoms with E-state index in [1.54, 1.807) is 19.1 Å². The molecule has 0 aliphatic rings. The van der Waals surface area contributed by atoms with Crippen LogP contribution in [-0.2, 0) is 0 Å². The zero-order valence-corrected chi connectivity index (χ0v) is 12.3. The molecule has 6 heteroatoms. The van der Waals surface area contributed by atoms with Gasteiger partial charge < -0.3 is 0 Å². The molecule has 0 saturated carbocycles.